The molecular weight excluding hydrogens is 317 g/mol. The normalized spacial score (nSPS) is 10.2. The molecule has 1 aromatic carbocycles. The lowest BCUT2D eigenvalue weighted by Gasteiger charge is -2.08. The summed E-state index contributed by atoms with van der Waals surface area (Å²) in [7, 11) is 0. The fourth-order valence-electron chi connectivity index (χ4n) is 1.71. The number of rotatable bonds is 3. The van der Waals surface area contributed by atoms with Gasteiger partial charge in [-0.25, -0.2) is 4.98 Å². The first-order valence-electron chi connectivity index (χ1n) is 5.76. The number of pyridine rings is 1. The topological polar surface area (TPSA) is 85.1 Å². The van der Waals surface area contributed by atoms with Crippen LogP contribution in [0, 0.1) is 17.0 Å². The van der Waals surface area contributed by atoms with Crippen LogP contribution < -0.4 is 5.32 Å². The van der Waals surface area contributed by atoms with Crippen molar-refractivity contribution in [3.63, 3.8) is 0 Å². The minimum absolute atomic E-state index is 0.183. The summed E-state index contributed by atoms with van der Waals surface area (Å²) in [6, 6.07) is 6.29. The number of anilines is 1. The van der Waals surface area contributed by atoms with Crippen LogP contribution in [0.1, 0.15) is 15.9 Å². The molecule has 0 bridgehead atoms. The van der Waals surface area contributed by atoms with Gasteiger partial charge < -0.3 is 5.32 Å². The number of benzene rings is 1. The molecule has 1 heterocycles. The van der Waals surface area contributed by atoms with E-state index in [1.165, 1.54) is 12.3 Å². The molecule has 0 spiro atoms. The van der Waals surface area contributed by atoms with E-state index in [2.05, 4.69) is 10.3 Å². The fourth-order valence-corrected chi connectivity index (χ4v) is 2.10. The summed E-state index contributed by atoms with van der Waals surface area (Å²) in [5.41, 5.74) is 0.527. The van der Waals surface area contributed by atoms with E-state index in [0.717, 1.165) is 5.56 Å². The first-order valence-corrected chi connectivity index (χ1v) is 6.52. The van der Waals surface area contributed by atoms with Crippen molar-refractivity contribution in [2.75, 3.05) is 5.32 Å². The average molecular weight is 326 g/mol. The Kier molecular flexibility index (Phi) is 4.40. The van der Waals surface area contributed by atoms with Gasteiger partial charge in [-0.2, -0.15) is 0 Å². The summed E-state index contributed by atoms with van der Waals surface area (Å²) in [6.07, 6.45) is 1.22. The van der Waals surface area contributed by atoms with Crippen molar-refractivity contribution in [2.24, 2.45) is 0 Å². The quantitative estimate of drug-likeness (QED) is 0.527. The standard InChI is InChI=1S/C13H9Cl2N3O3/c1-7-2-3-9(14)10(6-7)17-13(19)8-4-5-16-12(15)11(8)18(20)21/h2-6H,1H3,(H,17,19). The number of carbonyl (C=O) groups excluding carboxylic acids is 1. The second-order valence-corrected chi connectivity index (χ2v) is 4.96. The molecule has 8 heteroatoms. The summed E-state index contributed by atoms with van der Waals surface area (Å²) in [5, 5.41) is 13.5. The van der Waals surface area contributed by atoms with Gasteiger partial charge in [0.1, 0.15) is 5.56 Å². The highest BCUT2D eigenvalue weighted by Crippen LogP contribution is 2.28. The van der Waals surface area contributed by atoms with Gasteiger partial charge >= 0.3 is 5.69 Å². The van der Waals surface area contributed by atoms with E-state index in [0.29, 0.717) is 10.7 Å². The Balaban J connectivity index is 2.40. The summed E-state index contributed by atoms with van der Waals surface area (Å²) < 4.78 is 0. The monoisotopic (exact) mass is 325 g/mol. The van der Waals surface area contributed by atoms with Crippen LogP contribution in [-0.4, -0.2) is 15.8 Å². The summed E-state index contributed by atoms with van der Waals surface area (Å²) in [5.74, 6) is -0.682. The van der Waals surface area contributed by atoms with Crippen LogP contribution in [0.2, 0.25) is 10.2 Å². The molecule has 0 fully saturated rings. The van der Waals surface area contributed by atoms with Crippen LogP contribution in [0.3, 0.4) is 0 Å². The van der Waals surface area contributed by atoms with Crippen molar-refractivity contribution in [1.29, 1.82) is 0 Å². The second kappa shape index (κ2) is 6.07. The van der Waals surface area contributed by atoms with Gasteiger partial charge in [0.05, 0.1) is 15.6 Å². The van der Waals surface area contributed by atoms with E-state index in [1.807, 2.05) is 6.92 Å². The second-order valence-electron chi connectivity index (χ2n) is 4.19. The predicted octanol–water partition coefficient (Wildman–Crippen LogP) is 3.86. The van der Waals surface area contributed by atoms with E-state index < -0.39 is 16.5 Å². The highest BCUT2D eigenvalue weighted by atomic mass is 35.5. The zero-order chi connectivity index (χ0) is 15.6. The zero-order valence-electron chi connectivity index (χ0n) is 10.8. The van der Waals surface area contributed by atoms with Crippen LogP contribution in [0.4, 0.5) is 11.4 Å². The van der Waals surface area contributed by atoms with Crippen molar-refractivity contribution in [3.05, 3.63) is 61.9 Å². The number of hydrogen-bond acceptors (Lipinski definition) is 4. The maximum Gasteiger partial charge on any atom is 0.319 e. The molecule has 108 valence electrons. The van der Waals surface area contributed by atoms with Gasteiger partial charge in [-0.05, 0) is 30.7 Å². The van der Waals surface area contributed by atoms with Crippen molar-refractivity contribution < 1.29 is 9.72 Å². The Morgan fingerprint density at radius 1 is 1.33 bits per heavy atom. The third-order valence-electron chi connectivity index (χ3n) is 2.68. The first-order chi connectivity index (χ1) is 9.90. The number of carbonyl (C=O) groups is 1. The molecule has 1 amide bonds. The van der Waals surface area contributed by atoms with Crippen molar-refractivity contribution in [2.45, 2.75) is 6.92 Å². The lowest BCUT2D eigenvalue weighted by atomic mass is 10.2. The molecule has 6 nitrogen and oxygen atoms in total. The van der Waals surface area contributed by atoms with Gasteiger partial charge in [0.2, 0.25) is 5.15 Å². The average Bonchev–Trinajstić information content (AvgIpc) is 2.42. The van der Waals surface area contributed by atoms with Gasteiger partial charge in [-0.3, -0.25) is 14.9 Å². The van der Waals surface area contributed by atoms with Crippen LogP contribution in [-0.2, 0) is 0 Å². The Morgan fingerprint density at radius 2 is 2.05 bits per heavy atom. The van der Waals surface area contributed by atoms with Gasteiger partial charge in [0.25, 0.3) is 5.91 Å². The van der Waals surface area contributed by atoms with Crippen LogP contribution in [0.15, 0.2) is 30.5 Å². The molecule has 0 saturated carbocycles. The molecule has 0 aliphatic rings. The van der Waals surface area contributed by atoms with Crippen molar-refractivity contribution in [3.8, 4) is 0 Å². The molecule has 2 aromatic rings. The van der Waals surface area contributed by atoms with Gasteiger partial charge in [-0.15, -0.1) is 0 Å². The molecule has 2 rings (SSSR count). The van der Waals surface area contributed by atoms with Gasteiger partial charge in [0.15, 0.2) is 0 Å². The number of nitrogens with one attached hydrogen (secondary N) is 1. The van der Waals surface area contributed by atoms with E-state index >= 15 is 0 Å². The number of aryl methyl sites for hydroxylation is 1. The number of nitrogens with zero attached hydrogens (tertiary/aromatic N) is 2. The Labute approximate surface area is 129 Å². The first kappa shape index (κ1) is 15.2. The Morgan fingerprint density at radius 3 is 2.71 bits per heavy atom. The van der Waals surface area contributed by atoms with E-state index in [9.17, 15) is 14.9 Å². The van der Waals surface area contributed by atoms with Crippen LogP contribution >= 0.6 is 23.2 Å². The summed E-state index contributed by atoms with van der Waals surface area (Å²) in [6.45, 7) is 1.83. The minimum atomic E-state index is -0.748. The SMILES string of the molecule is Cc1ccc(Cl)c(NC(=O)c2ccnc(Cl)c2[N+](=O)[O-])c1. The van der Waals surface area contributed by atoms with Gasteiger partial charge in [-0.1, -0.05) is 29.3 Å². The summed E-state index contributed by atoms with van der Waals surface area (Å²) >= 11 is 11.6. The van der Waals surface area contributed by atoms with Crippen molar-refractivity contribution in [1.82, 2.24) is 4.98 Å². The lowest BCUT2D eigenvalue weighted by Crippen LogP contribution is -2.15. The minimum Gasteiger partial charge on any atom is -0.320 e. The van der Waals surface area contributed by atoms with Crippen LogP contribution in [0.5, 0.6) is 0 Å². The molecule has 21 heavy (non-hydrogen) atoms. The maximum atomic E-state index is 12.2. The summed E-state index contributed by atoms with van der Waals surface area (Å²) in [4.78, 5) is 26.0. The molecule has 0 atom stereocenters. The fraction of sp³-hybridized carbons (Fsp3) is 0.0769. The van der Waals surface area contributed by atoms with E-state index in [-0.39, 0.29) is 10.7 Å². The number of hydrogen-bond donors (Lipinski definition) is 1. The number of halogens is 2. The zero-order valence-corrected chi connectivity index (χ0v) is 12.3. The molecule has 0 saturated heterocycles. The highest BCUT2D eigenvalue weighted by molar-refractivity contribution is 6.34. The van der Waals surface area contributed by atoms with E-state index in [4.69, 9.17) is 23.2 Å². The third-order valence-corrected chi connectivity index (χ3v) is 3.28. The Bertz CT molecular complexity index is 735. The molecule has 0 aliphatic heterocycles. The maximum absolute atomic E-state index is 12.2. The third kappa shape index (κ3) is 3.29. The van der Waals surface area contributed by atoms with E-state index in [1.54, 1.807) is 18.2 Å². The largest absolute Gasteiger partial charge is 0.320 e. The smallest absolute Gasteiger partial charge is 0.319 e. The number of nitro groups is 1. The molecule has 1 N–H and O–H groups in total. The predicted molar refractivity (Wildman–Crippen MR) is 80.0 cm³/mol. The van der Waals surface area contributed by atoms with Crippen LogP contribution in [0.25, 0.3) is 0 Å². The number of aromatic nitrogens is 1. The molecule has 0 radical (unpaired) electrons. The molecule has 1 aromatic heterocycles. The molecule has 0 unspecified atom stereocenters. The molecular formula is C13H9Cl2N3O3. The molecule has 0 aliphatic carbocycles. The van der Waals surface area contributed by atoms with Gasteiger partial charge in [0, 0.05) is 6.20 Å². The highest BCUT2D eigenvalue weighted by Gasteiger charge is 2.25. The lowest BCUT2D eigenvalue weighted by molar-refractivity contribution is -0.385. The Hall–Kier alpha value is -2.18. The number of amides is 1. The van der Waals surface area contributed by atoms with Crippen molar-refractivity contribution >= 4 is 40.5 Å².